The van der Waals surface area contributed by atoms with Crippen LogP contribution in [0.4, 0.5) is 0 Å². The number of aromatic nitrogens is 3. The summed E-state index contributed by atoms with van der Waals surface area (Å²) in [4.78, 5) is 16.6. The zero-order valence-corrected chi connectivity index (χ0v) is 11.6. The Balaban J connectivity index is 2.05. The molecule has 0 aliphatic heterocycles. The van der Waals surface area contributed by atoms with Crippen LogP contribution in [0.2, 0.25) is 0 Å². The second-order valence-corrected chi connectivity index (χ2v) is 5.98. The Morgan fingerprint density at radius 3 is 2.94 bits per heavy atom. The number of rotatable bonds is 5. The highest BCUT2D eigenvalue weighted by Crippen LogP contribution is 2.43. The molecule has 1 heterocycles. The number of carbonyl (C=O) groups excluding carboxylic acids is 1. The molecule has 0 radical (unpaired) electrons. The first-order chi connectivity index (χ1) is 8.54. The lowest BCUT2D eigenvalue weighted by Crippen LogP contribution is -2.28. The fourth-order valence-electron chi connectivity index (χ4n) is 3.03. The molecule has 1 fully saturated rings. The molecule has 0 saturated heterocycles. The van der Waals surface area contributed by atoms with Crippen molar-refractivity contribution >= 4 is 5.78 Å². The van der Waals surface area contributed by atoms with Crippen LogP contribution in [0.5, 0.6) is 0 Å². The van der Waals surface area contributed by atoms with Crippen molar-refractivity contribution in [3.63, 3.8) is 0 Å². The van der Waals surface area contributed by atoms with Gasteiger partial charge in [-0.2, -0.15) is 5.10 Å². The van der Waals surface area contributed by atoms with Crippen LogP contribution >= 0.6 is 0 Å². The molecule has 1 aliphatic carbocycles. The maximum Gasteiger partial charge on any atom is 0.144 e. The van der Waals surface area contributed by atoms with Crippen molar-refractivity contribution in [3.8, 4) is 0 Å². The molecule has 0 amide bonds. The SMILES string of the molecule is CCCn1ncnc1CC(=O)C1CCCC1(C)C. The van der Waals surface area contributed by atoms with E-state index in [9.17, 15) is 4.79 Å². The summed E-state index contributed by atoms with van der Waals surface area (Å²) in [5, 5.41) is 4.18. The molecule has 0 bridgehead atoms. The first-order valence-electron chi connectivity index (χ1n) is 6.94. The summed E-state index contributed by atoms with van der Waals surface area (Å²) in [6.07, 6.45) is 6.37. The molecule has 1 aromatic heterocycles. The van der Waals surface area contributed by atoms with Gasteiger partial charge in [0.15, 0.2) is 0 Å². The number of Topliss-reactive ketones (excluding diaryl/α,β-unsaturated/α-hetero) is 1. The van der Waals surface area contributed by atoms with E-state index in [2.05, 4.69) is 30.9 Å². The van der Waals surface area contributed by atoms with Crippen LogP contribution in [-0.4, -0.2) is 20.5 Å². The summed E-state index contributed by atoms with van der Waals surface area (Å²) in [5.74, 6) is 1.36. The van der Waals surface area contributed by atoms with Crippen LogP contribution in [0, 0.1) is 11.3 Å². The number of ketones is 1. The summed E-state index contributed by atoms with van der Waals surface area (Å²) in [5.41, 5.74) is 0.159. The summed E-state index contributed by atoms with van der Waals surface area (Å²) >= 11 is 0. The predicted octanol–water partition coefficient (Wildman–Crippen LogP) is 2.63. The molecule has 2 rings (SSSR count). The second-order valence-electron chi connectivity index (χ2n) is 5.98. The summed E-state index contributed by atoms with van der Waals surface area (Å²) in [6, 6.07) is 0. The van der Waals surface area contributed by atoms with Gasteiger partial charge in [0.05, 0.1) is 6.42 Å². The monoisotopic (exact) mass is 249 g/mol. The molecule has 1 atom stereocenters. The van der Waals surface area contributed by atoms with Crippen LogP contribution < -0.4 is 0 Å². The second kappa shape index (κ2) is 5.21. The van der Waals surface area contributed by atoms with Gasteiger partial charge in [-0.1, -0.05) is 27.2 Å². The topological polar surface area (TPSA) is 47.8 Å². The molecule has 18 heavy (non-hydrogen) atoms. The van der Waals surface area contributed by atoms with Gasteiger partial charge in [0.1, 0.15) is 17.9 Å². The number of nitrogens with zero attached hydrogens (tertiary/aromatic N) is 3. The fraction of sp³-hybridized carbons (Fsp3) is 0.786. The predicted molar refractivity (Wildman–Crippen MR) is 70.1 cm³/mol. The lowest BCUT2D eigenvalue weighted by Gasteiger charge is -2.25. The Morgan fingerprint density at radius 2 is 2.33 bits per heavy atom. The van der Waals surface area contributed by atoms with Gasteiger partial charge < -0.3 is 0 Å². The normalized spacial score (nSPS) is 22.3. The van der Waals surface area contributed by atoms with Gasteiger partial charge in [0.25, 0.3) is 0 Å². The third-order valence-corrected chi connectivity index (χ3v) is 4.11. The Morgan fingerprint density at radius 1 is 1.56 bits per heavy atom. The minimum absolute atomic E-state index is 0.159. The third-order valence-electron chi connectivity index (χ3n) is 4.11. The van der Waals surface area contributed by atoms with Crippen LogP contribution in [-0.2, 0) is 17.8 Å². The minimum Gasteiger partial charge on any atom is -0.299 e. The van der Waals surface area contributed by atoms with Gasteiger partial charge in [-0.05, 0) is 24.7 Å². The molecular formula is C14H23N3O. The smallest absolute Gasteiger partial charge is 0.144 e. The Kier molecular flexibility index (Phi) is 3.83. The molecule has 4 heteroatoms. The van der Waals surface area contributed by atoms with E-state index < -0.39 is 0 Å². The first kappa shape index (κ1) is 13.2. The Labute approximate surface area is 109 Å². The third kappa shape index (κ3) is 2.62. The largest absolute Gasteiger partial charge is 0.299 e. The minimum atomic E-state index is 0.159. The molecule has 1 unspecified atom stereocenters. The standard InChI is InChI=1S/C14H23N3O/c1-4-8-17-13(15-10-16-17)9-12(18)11-6-5-7-14(11,2)3/h10-11H,4-9H2,1-3H3. The lowest BCUT2D eigenvalue weighted by atomic mass is 9.78. The molecule has 100 valence electrons. The van der Waals surface area contributed by atoms with Crippen molar-refractivity contribution in [2.75, 3.05) is 0 Å². The fourth-order valence-corrected chi connectivity index (χ4v) is 3.03. The van der Waals surface area contributed by atoms with E-state index in [-0.39, 0.29) is 11.3 Å². The van der Waals surface area contributed by atoms with Crippen molar-refractivity contribution in [3.05, 3.63) is 12.2 Å². The van der Waals surface area contributed by atoms with Crippen molar-refractivity contribution in [1.82, 2.24) is 14.8 Å². The molecule has 1 aliphatic rings. The lowest BCUT2D eigenvalue weighted by molar-refractivity contribution is -0.124. The Bertz CT molecular complexity index is 422. The van der Waals surface area contributed by atoms with Crippen molar-refractivity contribution < 1.29 is 4.79 Å². The van der Waals surface area contributed by atoms with Gasteiger partial charge in [-0.3, -0.25) is 4.79 Å². The van der Waals surface area contributed by atoms with Crippen LogP contribution in [0.1, 0.15) is 52.3 Å². The molecule has 0 aromatic carbocycles. The average Bonchev–Trinajstić information content (AvgIpc) is 2.86. The van der Waals surface area contributed by atoms with Gasteiger partial charge in [0.2, 0.25) is 0 Å². The summed E-state index contributed by atoms with van der Waals surface area (Å²) in [6.45, 7) is 7.36. The van der Waals surface area contributed by atoms with E-state index in [1.54, 1.807) is 6.33 Å². The van der Waals surface area contributed by atoms with E-state index in [0.717, 1.165) is 31.6 Å². The number of hydrogen-bond acceptors (Lipinski definition) is 3. The zero-order chi connectivity index (χ0) is 13.2. The highest BCUT2D eigenvalue weighted by molar-refractivity contribution is 5.83. The van der Waals surface area contributed by atoms with Gasteiger partial charge in [0, 0.05) is 12.5 Å². The molecule has 4 nitrogen and oxygen atoms in total. The van der Waals surface area contributed by atoms with Crippen LogP contribution in [0.15, 0.2) is 6.33 Å². The maximum absolute atomic E-state index is 12.4. The molecule has 1 saturated carbocycles. The number of carbonyl (C=O) groups is 1. The first-order valence-corrected chi connectivity index (χ1v) is 6.94. The molecule has 1 aromatic rings. The van der Waals surface area contributed by atoms with Crippen molar-refractivity contribution in [2.24, 2.45) is 11.3 Å². The van der Waals surface area contributed by atoms with Crippen LogP contribution in [0.3, 0.4) is 0 Å². The van der Waals surface area contributed by atoms with Gasteiger partial charge >= 0.3 is 0 Å². The molecule has 0 spiro atoms. The highest BCUT2D eigenvalue weighted by Gasteiger charge is 2.39. The highest BCUT2D eigenvalue weighted by atomic mass is 16.1. The van der Waals surface area contributed by atoms with Gasteiger partial charge in [-0.25, -0.2) is 9.67 Å². The maximum atomic E-state index is 12.4. The van der Waals surface area contributed by atoms with Gasteiger partial charge in [-0.15, -0.1) is 0 Å². The van der Waals surface area contributed by atoms with Crippen molar-refractivity contribution in [2.45, 2.75) is 59.4 Å². The average molecular weight is 249 g/mol. The zero-order valence-electron chi connectivity index (χ0n) is 11.6. The Hall–Kier alpha value is -1.19. The van der Waals surface area contributed by atoms with E-state index in [0.29, 0.717) is 12.2 Å². The van der Waals surface area contributed by atoms with Crippen LogP contribution in [0.25, 0.3) is 0 Å². The van der Waals surface area contributed by atoms with E-state index in [4.69, 9.17) is 0 Å². The summed E-state index contributed by atoms with van der Waals surface area (Å²) in [7, 11) is 0. The molecular weight excluding hydrogens is 226 g/mol. The van der Waals surface area contributed by atoms with E-state index in [1.165, 1.54) is 6.42 Å². The van der Waals surface area contributed by atoms with E-state index >= 15 is 0 Å². The quantitative estimate of drug-likeness (QED) is 0.806. The number of hydrogen-bond donors (Lipinski definition) is 0. The number of aryl methyl sites for hydroxylation is 1. The van der Waals surface area contributed by atoms with Crippen molar-refractivity contribution in [1.29, 1.82) is 0 Å². The van der Waals surface area contributed by atoms with E-state index in [1.807, 2.05) is 4.68 Å². The summed E-state index contributed by atoms with van der Waals surface area (Å²) < 4.78 is 1.86. The molecule has 0 N–H and O–H groups in total.